The number of hydrogen-bond donors (Lipinski definition) is 2. The zero-order valence-corrected chi connectivity index (χ0v) is 11.6. The third kappa shape index (κ3) is 2.46. The van der Waals surface area contributed by atoms with Crippen LogP contribution in [0, 0.1) is 0 Å². The van der Waals surface area contributed by atoms with Gasteiger partial charge in [0.15, 0.2) is 0 Å². The predicted octanol–water partition coefficient (Wildman–Crippen LogP) is 2.99. The van der Waals surface area contributed by atoms with Gasteiger partial charge >= 0.3 is 0 Å². The minimum atomic E-state index is -0.159. The second kappa shape index (κ2) is 5.26. The van der Waals surface area contributed by atoms with E-state index in [9.17, 15) is 4.79 Å². The second-order valence-electron chi connectivity index (χ2n) is 4.17. The summed E-state index contributed by atoms with van der Waals surface area (Å²) in [6.07, 6.45) is 1.60. The van der Waals surface area contributed by atoms with Crippen molar-refractivity contribution in [2.45, 2.75) is 0 Å². The lowest BCUT2D eigenvalue weighted by atomic mass is 10.2. The number of amides is 1. The van der Waals surface area contributed by atoms with Crippen LogP contribution in [0.4, 0.5) is 11.5 Å². The summed E-state index contributed by atoms with van der Waals surface area (Å²) in [4.78, 5) is 20.5. The fourth-order valence-corrected chi connectivity index (χ4v) is 2.56. The van der Waals surface area contributed by atoms with Crippen molar-refractivity contribution in [2.75, 3.05) is 17.7 Å². The molecule has 0 saturated carbocycles. The van der Waals surface area contributed by atoms with E-state index in [1.807, 2.05) is 18.2 Å². The van der Waals surface area contributed by atoms with Crippen LogP contribution in [-0.4, -0.2) is 22.9 Å². The maximum atomic E-state index is 12.2. The second-order valence-corrected chi connectivity index (χ2v) is 5.06. The van der Waals surface area contributed by atoms with Crippen molar-refractivity contribution in [3.63, 3.8) is 0 Å². The highest BCUT2D eigenvalue weighted by Gasteiger charge is 2.08. The van der Waals surface area contributed by atoms with Crippen molar-refractivity contribution in [3.8, 4) is 0 Å². The maximum Gasteiger partial charge on any atom is 0.255 e. The minimum Gasteiger partial charge on any atom is -0.373 e. The van der Waals surface area contributed by atoms with Crippen molar-refractivity contribution < 1.29 is 4.79 Å². The van der Waals surface area contributed by atoms with E-state index in [2.05, 4.69) is 20.6 Å². The SMILES string of the molecule is CNc1cc(C(=O)Nc2ccc3ncsc3c2)ccn1. The zero-order valence-electron chi connectivity index (χ0n) is 10.8. The standard InChI is InChI=1S/C14H12N4OS/c1-15-13-6-9(4-5-16-13)14(19)18-10-2-3-11-12(7-10)20-8-17-11/h2-8H,1H3,(H,15,16)(H,18,19). The molecule has 1 amide bonds. The lowest BCUT2D eigenvalue weighted by Crippen LogP contribution is -2.12. The lowest BCUT2D eigenvalue weighted by molar-refractivity contribution is 0.102. The molecule has 2 aromatic heterocycles. The Kier molecular flexibility index (Phi) is 3.30. The number of carbonyl (C=O) groups is 1. The fourth-order valence-electron chi connectivity index (χ4n) is 1.84. The number of fused-ring (bicyclic) bond motifs is 1. The number of aromatic nitrogens is 2. The monoisotopic (exact) mass is 284 g/mol. The Hall–Kier alpha value is -2.47. The molecule has 20 heavy (non-hydrogen) atoms. The van der Waals surface area contributed by atoms with Gasteiger partial charge < -0.3 is 10.6 Å². The molecule has 0 bridgehead atoms. The summed E-state index contributed by atoms with van der Waals surface area (Å²) in [6, 6.07) is 9.06. The Bertz CT molecular complexity index is 768. The van der Waals surface area contributed by atoms with Gasteiger partial charge in [-0.25, -0.2) is 9.97 Å². The van der Waals surface area contributed by atoms with Crippen LogP contribution in [0.15, 0.2) is 42.0 Å². The van der Waals surface area contributed by atoms with E-state index in [-0.39, 0.29) is 5.91 Å². The van der Waals surface area contributed by atoms with Gasteiger partial charge in [0, 0.05) is 24.5 Å². The van der Waals surface area contributed by atoms with Crippen LogP contribution in [0.5, 0.6) is 0 Å². The van der Waals surface area contributed by atoms with E-state index >= 15 is 0 Å². The van der Waals surface area contributed by atoms with Gasteiger partial charge in [-0.05, 0) is 30.3 Å². The average Bonchev–Trinajstić information content (AvgIpc) is 2.95. The van der Waals surface area contributed by atoms with Crippen LogP contribution in [0.2, 0.25) is 0 Å². The van der Waals surface area contributed by atoms with Crippen LogP contribution >= 0.6 is 11.3 Å². The van der Waals surface area contributed by atoms with Gasteiger partial charge in [0.05, 0.1) is 15.7 Å². The summed E-state index contributed by atoms with van der Waals surface area (Å²) >= 11 is 1.55. The van der Waals surface area contributed by atoms with E-state index in [0.717, 1.165) is 15.9 Å². The highest BCUT2D eigenvalue weighted by molar-refractivity contribution is 7.16. The molecule has 0 unspecified atom stereocenters. The van der Waals surface area contributed by atoms with Crippen LogP contribution in [0.25, 0.3) is 10.2 Å². The summed E-state index contributed by atoms with van der Waals surface area (Å²) in [5.74, 6) is 0.503. The molecule has 3 rings (SSSR count). The van der Waals surface area contributed by atoms with Crippen LogP contribution in [-0.2, 0) is 0 Å². The van der Waals surface area contributed by atoms with Gasteiger partial charge in [-0.3, -0.25) is 4.79 Å². The first-order valence-electron chi connectivity index (χ1n) is 6.04. The molecule has 6 heteroatoms. The van der Waals surface area contributed by atoms with Gasteiger partial charge in [-0.1, -0.05) is 0 Å². The first-order chi connectivity index (χ1) is 9.76. The number of nitrogens with zero attached hydrogens (tertiary/aromatic N) is 2. The van der Waals surface area contributed by atoms with E-state index in [1.165, 1.54) is 0 Å². The number of nitrogens with one attached hydrogen (secondary N) is 2. The number of benzene rings is 1. The largest absolute Gasteiger partial charge is 0.373 e. The molecule has 0 saturated heterocycles. The molecular formula is C14H12N4OS. The lowest BCUT2D eigenvalue weighted by Gasteiger charge is -2.06. The van der Waals surface area contributed by atoms with Gasteiger partial charge in [0.1, 0.15) is 5.82 Å². The van der Waals surface area contributed by atoms with Gasteiger partial charge in [0.25, 0.3) is 5.91 Å². The molecule has 2 N–H and O–H groups in total. The summed E-state index contributed by atoms with van der Waals surface area (Å²) in [7, 11) is 1.77. The fraction of sp³-hybridized carbons (Fsp3) is 0.0714. The van der Waals surface area contributed by atoms with Crippen molar-refractivity contribution in [2.24, 2.45) is 0 Å². The number of thiazole rings is 1. The molecule has 0 atom stereocenters. The number of anilines is 2. The quantitative estimate of drug-likeness (QED) is 0.776. The summed E-state index contributed by atoms with van der Waals surface area (Å²) in [6.45, 7) is 0. The van der Waals surface area contributed by atoms with Crippen molar-refractivity contribution in [1.29, 1.82) is 0 Å². The molecule has 0 aliphatic heterocycles. The molecule has 3 aromatic rings. The average molecular weight is 284 g/mol. The third-order valence-corrected chi connectivity index (χ3v) is 3.66. The summed E-state index contributed by atoms with van der Waals surface area (Å²) in [5.41, 5.74) is 4.05. The van der Waals surface area contributed by atoms with Crippen molar-refractivity contribution >= 4 is 39.0 Å². The molecule has 1 aromatic carbocycles. The molecule has 0 spiro atoms. The van der Waals surface area contributed by atoms with Gasteiger partial charge in [-0.15, -0.1) is 11.3 Å². The number of carbonyl (C=O) groups excluding carboxylic acids is 1. The Labute approximate surface area is 119 Å². The highest BCUT2D eigenvalue weighted by atomic mass is 32.1. The molecular weight excluding hydrogens is 272 g/mol. The summed E-state index contributed by atoms with van der Waals surface area (Å²) < 4.78 is 1.05. The number of hydrogen-bond acceptors (Lipinski definition) is 5. The van der Waals surface area contributed by atoms with Crippen molar-refractivity contribution in [3.05, 3.63) is 47.6 Å². The van der Waals surface area contributed by atoms with E-state index in [4.69, 9.17) is 0 Å². The molecule has 0 aliphatic carbocycles. The van der Waals surface area contributed by atoms with Crippen molar-refractivity contribution in [1.82, 2.24) is 9.97 Å². The predicted molar refractivity (Wildman–Crippen MR) is 81.4 cm³/mol. The zero-order chi connectivity index (χ0) is 13.9. The maximum absolute atomic E-state index is 12.2. The normalized spacial score (nSPS) is 10.4. The summed E-state index contributed by atoms with van der Waals surface area (Å²) in [5, 5.41) is 5.78. The van der Waals surface area contributed by atoms with E-state index in [1.54, 1.807) is 42.2 Å². The number of pyridine rings is 1. The minimum absolute atomic E-state index is 0.159. The van der Waals surface area contributed by atoms with E-state index < -0.39 is 0 Å². The smallest absolute Gasteiger partial charge is 0.255 e. The first kappa shape index (κ1) is 12.6. The van der Waals surface area contributed by atoms with Crippen LogP contribution in [0.1, 0.15) is 10.4 Å². The Morgan fingerprint density at radius 1 is 1.20 bits per heavy atom. The molecule has 100 valence electrons. The van der Waals surface area contributed by atoms with Gasteiger partial charge in [0.2, 0.25) is 0 Å². The van der Waals surface area contributed by atoms with E-state index in [0.29, 0.717) is 11.4 Å². The molecule has 5 nitrogen and oxygen atoms in total. The van der Waals surface area contributed by atoms with Crippen LogP contribution in [0.3, 0.4) is 0 Å². The van der Waals surface area contributed by atoms with Gasteiger partial charge in [-0.2, -0.15) is 0 Å². The number of rotatable bonds is 3. The molecule has 0 fully saturated rings. The first-order valence-corrected chi connectivity index (χ1v) is 6.92. The highest BCUT2D eigenvalue weighted by Crippen LogP contribution is 2.22. The Balaban J connectivity index is 1.83. The van der Waals surface area contributed by atoms with Crippen LogP contribution < -0.4 is 10.6 Å². The molecule has 2 heterocycles. The Morgan fingerprint density at radius 3 is 2.95 bits per heavy atom. The third-order valence-electron chi connectivity index (χ3n) is 2.87. The topological polar surface area (TPSA) is 66.9 Å². The molecule has 0 aliphatic rings. The Morgan fingerprint density at radius 2 is 2.10 bits per heavy atom. The molecule has 0 radical (unpaired) electrons.